The predicted molar refractivity (Wildman–Crippen MR) is 240 cm³/mol. The normalized spacial score (nSPS) is 27.1. The fraction of sp³-hybridized carbons (Fsp3) is 0.345. The van der Waals surface area contributed by atoms with E-state index in [-0.39, 0.29) is 21.9 Å². The molecule has 2 saturated carbocycles. The molecule has 0 spiro atoms. The molecule has 2 nitrogen and oxygen atoms in total. The molecule has 2 heterocycles. The summed E-state index contributed by atoms with van der Waals surface area (Å²) < 4.78 is 0. The molecule has 5 aliphatic rings. The van der Waals surface area contributed by atoms with Crippen molar-refractivity contribution in [2.45, 2.75) is 120 Å². The molecule has 0 aromatic heterocycles. The van der Waals surface area contributed by atoms with Gasteiger partial charge >= 0.3 is 0 Å². The summed E-state index contributed by atoms with van der Waals surface area (Å²) in [5.41, 5.74) is 19.8. The molecule has 4 unspecified atom stereocenters. The van der Waals surface area contributed by atoms with E-state index in [1.54, 1.807) is 0 Å². The van der Waals surface area contributed by atoms with Gasteiger partial charge in [0.15, 0.2) is 0 Å². The van der Waals surface area contributed by atoms with Crippen molar-refractivity contribution in [3.63, 3.8) is 0 Å². The van der Waals surface area contributed by atoms with E-state index in [1.807, 2.05) is 0 Å². The lowest BCUT2D eigenvalue weighted by molar-refractivity contribution is 0.261. The Hall–Kier alpha value is -5.08. The first kappa shape index (κ1) is 35.1. The Balaban J connectivity index is 0.979. The van der Waals surface area contributed by atoms with E-state index < -0.39 is 0 Å². The van der Waals surface area contributed by atoms with Crippen LogP contribution < -0.4 is 9.80 Å². The van der Waals surface area contributed by atoms with E-state index in [4.69, 9.17) is 0 Å². The average molecular weight is 745 g/mol. The average Bonchev–Trinajstić information content (AvgIpc) is 3.65. The van der Waals surface area contributed by atoms with Gasteiger partial charge in [-0.05, 0) is 162 Å². The summed E-state index contributed by atoms with van der Waals surface area (Å²) >= 11 is 0. The summed E-state index contributed by atoms with van der Waals surface area (Å²) in [5.74, 6) is 0. The predicted octanol–water partition coefficient (Wildman–Crippen LogP) is 14.9. The number of hydrogen-bond acceptors (Lipinski definition) is 2. The molecule has 0 saturated heterocycles. The summed E-state index contributed by atoms with van der Waals surface area (Å²) in [6.07, 6.45) is 13.7. The molecular weight excluding hydrogens is 689 g/mol. The second-order valence-corrected chi connectivity index (χ2v) is 19.1. The zero-order valence-corrected chi connectivity index (χ0v) is 34.4. The van der Waals surface area contributed by atoms with Gasteiger partial charge in [0.1, 0.15) is 0 Å². The van der Waals surface area contributed by atoms with Gasteiger partial charge in [0, 0.05) is 33.6 Å². The van der Waals surface area contributed by atoms with Gasteiger partial charge in [-0.15, -0.1) is 0 Å². The third-order valence-electron chi connectivity index (χ3n) is 16.3. The lowest BCUT2D eigenvalue weighted by atomic mass is 9.66. The highest BCUT2D eigenvalue weighted by Gasteiger charge is 2.58. The van der Waals surface area contributed by atoms with Crippen LogP contribution in [0, 0.1) is 0 Å². The van der Waals surface area contributed by atoms with Crippen LogP contribution in [0.25, 0.3) is 33.4 Å². The van der Waals surface area contributed by atoms with Crippen molar-refractivity contribution in [2.24, 2.45) is 0 Å². The van der Waals surface area contributed by atoms with Crippen molar-refractivity contribution < 1.29 is 0 Å². The van der Waals surface area contributed by atoms with Crippen molar-refractivity contribution in [3.05, 3.63) is 156 Å². The molecule has 6 aromatic carbocycles. The quantitative estimate of drug-likeness (QED) is 0.177. The van der Waals surface area contributed by atoms with E-state index in [0.717, 1.165) is 6.42 Å². The van der Waals surface area contributed by atoms with Crippen LogP contribution in [0.2, 0.25) is 0 Å². The van der Waals surface area contributed by atoms with Crippen LogP contribution in [0.3, 0.4) is 0 Å². The number of para-hydroxylation sites is 2. The van der Waals surface area contributed by atoms with Crippen molar-refractivity contribution >= 4 is 22.7 Å². The van der Waals surface area contributed by atoms with Crippen molar-refractivity contribution in [3.8, 4) is 33.4 Å². The maximum absolute atomic E-state index is 2.70. The van der Waals surface area contributed by atoms with E-state index >= 15 is 0 Å². The largest absolute Gasteiger partial charge is 0.334 e. The molecule has 11 rings (SSSR count). The second-order valence-electron chi connectivity index (χ2n) is 19.1. The maximum atomic E-state index is 2.70. The molecule has 2 fully saturated rings. The van der Waals surface area contributed by atoms with Crippen LogP contribution in [-0.4, -0.2) is 11.1 Å². The molecule has 286 valence electrons. The third kappa shape index (κ3) is 4.95. The molecule has 0 radical (unpaired) electrons. The summed E-state index contributed by atoms with van der Waals surface area (Å²) in [4.78, 5) is 5.40. The zero-order valence-electron chi connectivity index (χ0n) is 34.4. The Morgan fingerprint density at radius 2 is 0.772 bits per heavy atom. The minimum absolute atomic E-state index is 0.0444. The van der Waals surface area contributed by atoms with Crippen molar-refractivity contribution in [2.75, 3.05) is 9.80 Å². The molecule has 0 bridgehead atoms. The number of fused-ring (bicyclic) bond motifs is 9. The lowest BCUT2D eigenvalue weighted by Crippen LogP contribution is -2.52. The van der Waals surface area contributed by atoms with Crippen LogP contribution in [0.4, 0.5) is 22.7 Å². The SMILES string of the molecule is CC12CCCCCC1(C)N(c1ccccc1)c1ccc(-c3ccc4c(c3)-c3cc(-c5ccc6c(c5)C5(C)CCCCCC5(C)N6c5ccccc5)ccc3C4)cc12. The molecule has 0 N–H and O–H groups in total. The maximum Gasteiger partial charge on any atom is 0.0517 e. The van der Waals surface area contributed by atoms with Gasteiger partial charge in [-0.1, -0.05) is 125 Å². The summed E-state index contributed by atoms with van der Waals surface area (Å²) in [7, 11) is 0. The Kier molecular flexibility index (Phi) is 7.83. The van der Waals surface area contributed by atoms with E-state index in [1.165, 1.54) is 143 Å². The molecule has 57 heavy (non-hydrogen) atoms. The lowest BCUT2D eigenvalue weighted by Gasteiger charge is -2.46. The highest BCUT2D eigenvalue weighted by Crippen LogP contribution is 2.62. The Morgan fingerprint density at radius 1 is 0.386 bits per heavy atom. The first-order valence-electron chi connectivity index (χ1n) is 22.0. The minimum atomic E-state index is 0.0444. The number of rotatable bonds is 4. The zero-order chi connectivity index (χ0) is 38.6. The van der Waals surface area contributed by atoms with Gasteiger partial charge in [0.05, 0.1) is 11.1 Å². The number of nitrogens with zero attached hydrogens (tertiary/aromatic N) is 2. The van der Waals surface area contributed by atoms with Crippen molar-refractivity contribution in [1.82, 2.24) is 0 Å². The molecule has 2 heteroatoms. The summed E-state index contributed by atoms with van der Waals surface area (Å²) in [6.45, 7) is 10.2. The summed E-state index contributed by atoms with van der Waals surface area (Å²) in [5, 5.41) is 0. The highest BCUT2D eigenvalue weighted by molar-refractivity contribution is 5.87. The topological polar surface area (TPSA) is 6.48 Å². The minimum Gasteiger partial charge on any atom is -0.334 e. The standard InChI is InChI=1S/C55H56N2/c1-52-29-13-7-15-31-54(52,3)56(44-17-9-5-10-18-44)50-27-25-40(36-48(50)52)38-21-23-42-33-43-24-22-39(35-47(43)46(42)34-38)41-26-28-51-49(37-41)53(2)30-14-8-16-32-55(53,4)57(51)45-19-11-6-12-20-45/h5-6,9-12,17-28,34-37H,7-8,13-16,29-33H2,1-4H3. The first-order valence-corrected chi connectivity index (χ1v) is 22.0. The number of hydrogen-bond donors (Lipinski definition) is 0. The summed E-state index contributed by atoms with van der Waals surface area (Å²) in [6, 6.07) is 51.7. The molecule has 0 amide bonds. The first-order chi connectivity index (χ1) is 27.7. The number of benzene rings is 6. The Bertz CT molecular complexity index is 2360. The van der Waals surface area contributed by atoms with Crippen LogP contribution in [0.1, 0.15) is 114 Å². The Labute approximate surface area is 340 Å². The van der Waals surface area contributed by atoms with Crippen LogP contribution in [-0.2, 0) is 17.3 Å². The van der Waals surface area contributed by atoms with Crippen LogP contribution in [0.5, 0.6) is 0 Å². The monoisotopic (exact) mass is 744 g/mol. The van der Waals surface area contributed by atoms with Gasteiger partial charge in [0.2, 0.25) is 0 Å². The fourth-order valence-electron chi connectivity index (χ4n) is 12.7. The third-order valence-corrected chi connectivity index (χ3v) is 16.3. The van der Waals surface area contributed by atoms with Gasteiger partial charge in [-0.25, -0.2) is 0 Å². The van der Waals surface area contributed by atoms with Crippen LogP contribution >= 0.6 is 0 Å². The Morgan fingerprint density at radius 3 is 1.21 bits per heavy atom. The number of anilines is 4. The van der Waals surface area contributed by atoms with Gasteiger partial charge in [0.25, 0.3) is 0 Å². The molecule has 3 aliphatic carbocycles. The smallest absolute Gasteiger partial charge is 0.0517 e. The van der Waals surface area contributed by atoms with Crippen LogP contribution in [0.15, 0.2) is 133 Å². The molecule has 4 atom stereocenters. The molecular formula is C55H56N2. The van der Waals surface area contributed by atoms with E-state index in [2.05, 4.69) is 171 Å². The van der Waals surface area contributed by atoms with Crippen molar-refractivity contribution in [1.29, 1.82) is 0 Å². The molecule has 2 aliphatic heterocycles. The van der Waals surface area contributed by atoms with E-state index in [9.17, 15) is 0 Å². The van der Waals surface area contributed by atoms with E-state index in [0.29, 0.717) is 0 Å². The van der Waals surface area contributed by atoms with Gasteiger partial charge in [-0.3, -0.25) is 0 Å². The van der Waals surface area contributed by atoms with Gasteiger partial charge in [-0.2, -0.15) is 0 Å². The van der Waals surface area contributed by atoms with Gasteiger partial charge < -0.3 is 9.80 Å². The molecule has 6 aromatic rings. The highest BCUT2D eigenvalue weighted by atomic mass is 15.3. The fourth-order valence-corrected chi connectivity index (χ4v) is 12.7. The second kappa shape index (κ2) is 12.7.